The van der Waals surface area contributed by atoms with Crippen LogP contribution in [0.2, 0.25) is 0 Å². The molecule has 0 aromatic carbocycles. The van der Waals surface area contributed by atoms with Gasteiger partial charge in [-0.05, 0) is 0 Å². The summed E-state index contributed by atoms with van der Waals surface area (Å²) in [7, 11) is 0. The molecule has 0 bridgehead atoms. The van der Waals surface area contributed by atoms with Crippen LogP contribution in [0.3, 0.4) is 0 Å². The molecule has 3 rings (SSSR count). The van der Waals surface area contributed by atoms with Crippen LogP contribution in [-0.2, 0) is 23.7 Å². The normalized spacial score (nSPS) is 52.5. The third kappa shape index (κ3) is 5.37. The van der Waals surface area contributed by atoms with E-state index in [-0.39, 0.29) is 0 Å². The minimum absolute atomic E-state index is 0.762. The van der Waals surface area contributed by atoms with E-state index in [0.717, 1.165) is 0 Å². The smallest absolute Gasteiger partial charge is 0.187 e. The molecule has 0 amide bonds. The Bertz CT molecular complexity index is 639. The molecule has 1 unspecified atom stereocenters. The van der Waals surface area contributed by atoms with Gasteiger partial charge in [0.2, 0.25) is 0 Å². The number of rotatable bonds is 7. The quantitative estimate of drug-likeness (QED) is 0.154. The van der Waals surface area contributed by atoms with Crippen molar-refractivity contribution in [3.05, 3.63) is 0 Å². The molecule has 0 radical (unpaired) electrons. The van der Waals surface area contributed by atoms with Crippen LogP contribution in [0.25, 0.3) is 0 Å². The van der Waals surface area contributed by atoms with Gasteiger partial charge in [0.25, 0.3) is 0 Å². The molecule has 3 heterocycles. The minimum atomic E-state index is -1.89. The van der Waals surface area contributed by atoms with E-state index in [4.69, 9.17) is 23.7 Å². The van der Waals surface area contributed by atoms with Gasteiger partial charge in [-0.3, -0.25) is 0 Å². The summed E-state index contributed by atoms with van der Waals surface area (Å²) >= 11 is 0. The molecule has 11 N–H and O–H groups in total. The summed E-state index contributed by atoms with van der Waals surface area (Å²) in [6.45, 7) is -2.34. The Morgan fingerprint density at radius 2 is 0.912 bits per heavy atom. The molecule has 16 nitrogen and oxygen atoms in total. The fraction of sp³-hybridized carbons (Fsp3) is 1.00. The van der Waals surface area contributed by atoms with Crippen molar-refractivity contribution in [1.29, 1.82) is 0 Å². The van der Waals surface area contributed by atoms with Crippen molar-refractivity contribution in [1.82, 2.24) is 0 Å². The van der Waals surface area contributed by atoms with Crippen molar-refractivity contribution in [2.45, 2.75) is 92.1 Å². The van der Waals surface area contributed by atoms with Gasteiger partial charge in [0.05, 0.1) is 19.8 Å². The first kappa shape index (κ1) is 27.9. The molecule has 16 heteroatoms. The molecule has 34 heavy (non-hydrogen) atoms. The fourth-order valence-corrected chi connectivity index (χ4v) is 4.03. The van der Waals surface area contributed by atoms with Crippen molar-refractivity contribution in [3.63, 3.8) is 0 Å². The Morgan fingerprint density at radius 3 is 1.47 bits per heavy atom. The number of aliphatic hydroxyl groups is 11. The van der Waals surface area contributed by atoms with Gasteiger partial charge in [0.1, 0.15) is 73.2 Å². The van der Waals surface area contributed by atoms with Gasteiger partial charge >= 0.3 is 0 Å². The molecule has 0 aliphatic carbocycles. The summed E-state index contributed by atoms with van der Waals surface area (Å²) in [5.74, 6) is 0. The average Bonchev–Trinajstić information content (AvgIpc) is 2.83. The standard InChI is InChI=1S/C18H32O16/c19-1-4-7(22)10(25)12(27)17(31-4)34-15-11(26)8(23)5(2-20)32-18(15)33-14-9(24)6(3-21)30-16(29)13(14)28/h4-29H,1-3H2/t4-,5-,6-,7-,8-,9-,10+,11+,12+,13+,14+,15+,16?,17-,18-/m1/s1. The third-order valence-corrected chi connectivity index (χ3v) is 6.10. The maximum Gasteiger partial charge on any atom is 0.187 e. The summed E-state index contributed by atoms with van der Waals surface area (Å²) < 4.78 is 26.5. The molecule has 0 spiro atoms. The highest BCUT2D eigenvalue weighted by molar-refractivity contribution is 4.96. The highest BCUT2D eigenvalue weighted by Crippen LogP contribution is 2.32. The van der Waals surface area contributed by atoms with Crippen LogP contribution in [0.15, 0.2) is 0 Å². The zero-order valence-corrected chi connectivity index (χ0v) is 17.7. The summed E-state index contributed by atoms with van der Waals surface area (Å²) in [5.41, 5.74) is 0. The van der Waals surface area contributed by atoms with Crippen molar-refractivity contribution in [2.24, 2.45) is 0 Å². The Hall–Kier alpha value is -0.640. The molecule has 0 saturated carbocycles. The van der Waals surface area contributed by atoms with Gasteiger partial charge < -0.3 is 79.9 Å². The second kappa shape index (κ2) is 11.6. The minimum Gasteiger partial charge on any atom is -0.394 e. The van der Waals surface area contributed by atoms with Gasteiger partial charge in [0.15, 0.2) is 18.9 Å². The van der Waals surface area contributed by atoms with E-state index < -0.39 is 112 Å². The lowest BCUT2D eigenvalue weighted by Gasteiger charge is -2.48. The van der Waals surface area contributed by atoms with Gasteiger partial charge in [-0.1, -0.05) is 0 Å². The third-order valence-electron chi connectivity index (χ3n) is 6.10. The van der Waals surface area contributed by atoms with Crippen molar-refractivity contribution >= 4 is 0 Å². The lowest BCUT2D eigenvalue weighted by molar-refractivity contribution is -0.387. The predicted octanol–water partition coefficient (Wildman–Crippen LogP) is -7.57. The molecular weight excluding hydrogens is 472 g/mol. The molecule has 0 aromatic heterocycles. The van der Waals surface area contributed by atoms with Crippen LogP contribution in [0.5, 0.6) is 0 Å². The highest BCUT2D eigenvalue weighted by Gasteiger charge is 2.53. The summed E-state index contributed by atoms with van der Waals surface area (Å²) in [6, 6.07) is 0. The van der Waals surface area contributed by atoms with E-state index in [1.54, 1.807) is 0 Å². The molecular formula is C18H32O16. The van der Waals surface area contributed by atoms with Crippen LogP contribution < -0.4 is 0 Å². The summed E-state index contributed by atoms with van der Waals surface area (Å²) in [6.07, 6.45) is -25.7. The van der Waals surface area contributed by atoms with E-state index in [9.17, 15) is 56.2 Å². The highest BCUT2D eigenvalue weighted by atomic mass is 16.8. The molecule has 3 aliphatic rings. The van der Waals surface area contributed by atoms with E-state index >= 15 is 0 Å². The van der Waals surface area contributed by atoms with Crippen LogP contribution in [0, 0.1) is 0 Å². The predicted molar refractivity (Wildman–Crippen MR) is 101 cm³/mol. The lowest BCUT2D eigenvalue weighted by atomic mass is 9.96. The van der Waals surface area contributed by atoms with Gasteiger partial charge in [-0.25, -0.2) is 0 Å². The maximum absolute atomic E-state index is 10.6. The molecule has 15 atom stereocenters. The number of hydrogen-bond acceptors (Lipinski definition) is 16. The van der Waals surface area contributed by atoms with Crippen LogP contribution in [0.4, 0.5) is 0 Å². The van der Waals surface area contributed by atoms with Gasteiger partial charge in [-0.2, -0.15) is 0 Å². The second-order valence-electron chi connectivity index (χ2n) is 8.33. The zero-order valence-electron chi connectivity index (χ0n) is 17.7. The number of hydrogen-bond donors (Lipinski definition) is 11. The van der Waals surface area contributed by atoms with E-state index in [1.165, 1.54) is 0 Å². The molecule has 3 fully saturated rings. The largest absolute Gasteiger partial charge is 0.394 e. The van der Waals surface area contributed by atoms with Crippen LogP contribution >= 0.6 is 0 Å². The van der Waals surface area contributed by atoms with Crippen LogP contribution in [-0.4, -0.2) is 168 Å². The average molecular weight is 504 g/mol. The number of aliphatic hydroxyl groups excluding tert-OH is 11. The first-order valence-corrected chi connectivity index (χ1v) is 10.6. The van der Waals surface area contributed by atoms with Gasteiger partial charge in [-0.15, -0.1) is 0 Å². The SMILES string of the molecule is OC[C@H]1O[C@H](O[C@@H]2[C@@H](O[C@H]3[C@H](O)[C@@H](CO)OC(O)[C@H]3O)O[C@H](CO)[C@@H](O)[C@@H]2O)[C@@H](O)[C@@H](O)[C@@H]1O. The molecule has 3 saturated heterocycles. The molecule has 0 aromatic rings. The summed E-state index contributed by atoms with van der Waals surface area (Å²) in [4.78, 5) is 0. The van der Waals surface area contributed by atoms with Crippen LogP contribution in [0.1, 0.15) is 0 Å². The van der Waals surface area contributed by atoms with Crippen molar-refractivity contribution in [3.8, 4) is 0 Å². The maximum atomic E-state index is 10.6. The van der Waals surface area contributed by atoms with Crippen molar-refractivity contribution < 1.29 is 79.9 Å². The Kier molecular flexibility index (Phi) is 9.54. The van der Waals surface area contributed by atoms with Gasteiger partial charge in [0, 0.05) is 0 Å². The van der Waals surface area contributed by atoms with E-state index in [1.807, 2.05) is 0 Å². The Morgan fingerprint density at radius 1 is 0.441 bits per heavy atom. The Labute approximate surface area is 192 Å². The second-order valence-corrected chi connectivity index (χ2v) is 8.33. The number of ether oxygens (including phenoxy) is 5. The van der Waals surface area contributed by atoms with E-state index in [2.05, 4.69) is 0 Å². The monoisotopic (exact) mass is 504 g/mol. The molecule has 3 aliphatic heterocycles. The zero-order chi connectivity index (χ0) is 25.3. The lowest BCUT2D eigenvalue weighted by Crippen LogP contribution is -2.67. The van der Waals surface area contributed by atoms with E-state index in [0.29, 0.717) is 0 Å². The van der Waals surface area contributed by atoms with Crippen molar-refractivity contribution in [2.75, 3.05) is 19.8 Å². The first-order valence-electron chi connectivity index (χ1n) is 10.6. The fourth-order valence-electron chi connectivity index (χ4n) is 4.03. The summed E-state index contributed by atoms with van der Waals surface area (Å²) in [5, 5.41) is 110. The Balaban J connectivity index is 1.84. The first-order chi connectivity index (χ1) is 16.0. The molecule has 200 valence electrons. The topological polar surface area (TPSA) is 269 Å².